The summed E-state index contributed by atoms with van der Waals surface area (Å²) in [5, 5.41) is -0.0655. The van der Waals surface area contributed by atoms with Gasteiger partial charge in [-0.25, -0.2) is 0 Å². The van der Waals surface area contributed by atoms with Crippen molar-refractivity contribution in [1.82, 2.24) is 0 Å². The van der Waals surface area contributed by atoms with Gasteiger partial charge in [-0.1, -0.05) is 50.2 Å². The maximum absolute atomic E-state index is 6.66. The van der Waals surface area contributed by atoms with Crippen LogP contribution < -0.4 is 0 Å². The van der Waals surface area contributed by atoms with Crippen LogP contribution in [0.4, 0.5) is 0 Å². The lowest BCUT2D eigenvalue weighted by Crippen LogP contribution is -1.99. The highest BCUT2D eigenvalue weighted by Crippen LogP contribution is 2.32. The van der Waals surface area contributed by atoms with Crippen molar-refractivity contribution in [3.8, 4) is 0 Å². The number of hydrogen-bond donors (Lipinski definition) is 0. The first-order chi connectivity index (χ1) is 9.17. The van der Waals surface area contributed by atoms with Crippen molar-refractivity contribution in [2.45, 2.75) is 32.1 Å². The summed E-state index contributed by atoms with van der Waals surface area (Å²) in [4.78, 5) is 0. The Bertz CT molecular complexity index is 563. The van der Waals surface area contributed by atoms with Crippen LogP contribution in [0, 0.1) is 3.57 Å². The summed E-state index contributed by atoms with van der Waals surface area (Å²) in [7, 11) is 0. The van der Waals surface area contributed by atoms with Crippen LogP contribution in [0.15, 0.2) is 42.5 Å². The second kappa shape index (κ2) is 6.76. The van der Waals surface area contributed by atoms with Crippen LogP contribution >= 0.6 is 34.2 Å². The molecule has 0 radical (unpaired) electrons. The molecule has 0 bridgehead atoms. The van der Waals surface area contributed by atoms with Gasteiger partial charge in [0.05, 0.1) is 5.38 Å². The smallest absolute Gasteiger partial charge is 0.0845 e. The second-order valence-corrected chi connectivity index (χ2v) is 6.22. The molecule has 1 unspecified atom stereocenters. The van der Waals surface area contributed by atoms with Crippen LogP contribution in [-0.4, -0.2) is 0 Å². The summed E-state index contributed by atoms with van der Waals surface area (Å²) in [6.07, 6.45) is 2.14. The largest absolute Gasteiger partial charge is 0.113 e. The minimum Gasteiger partial charge on any atom is -0.113 e. The van der Waals surface area contributed by atoms with Crippen molar-refractivity contribution in [2.75, 3.05) is 0 Å². The van der Waals surface area contributed by atoms with Gasteiger partial charge in [-0.15, -0.1) is 11.6 Å². The minimum atomic E-state index is -0.0655. The lowest BCUT2D eigenvalue weighted by atomic mass is 9.96. The number of rotatable bonds is 4. The molecule has 19 heavy (non-hydrogen) atoms. The fourth-order valence-electron chi connectivity index (χ4n) is 2.34. The third-order valence-corrected chi connectivity index (χ3v) is 4.93. The van der Waals surface area contributed by atoms with Gasteiger partial charge in [0, 0.05) is 3.57 Å². The fraction of sp³-hybridized carbons (Fsp3) is 0.294. The molecule has 0 saturated carbocycles. The zero-order valence-corrected chi connectivity index (χ0v) is 14.2. The van der Waals surface area contributed by atoms with E-state index in [0.717, 1.165) is 12.8 Å². The molecular weight excluding hydrogens is 367 g/mol. The van der Waals surface area contributed by atoms with Gasteiger partial charge in [-0.3, -0.25) is 0 Å². The maximum atomic E-state index is 6.66. The normalized spacial score (nSPS) is 12.4. The Morgan fingerprint density at radius 3 is 2.32 bits per heavy atom. The second-order valence-electron chi connectivity index (χ2n) is 4.62. The quantitative estimate of drug-likeness (QED) is 0.465. The predicted octanol–water partition coefficient (Wildman–Crippen LogP) is 5.74. The molecule has 0 amide bonds. The molecule has 0 spiro atoms. The standard InChI is InChI=1S/C17H18ClI/c1-3-12-9-10-14(11-13(12)4-2)17(18)15-7-5-6-8-16(15)19/h5-11,17H,3-4H2,1-2H3. The van der Waals surface area contributed by atoms with Gasteiger partial charge in [0.15, 0.2) is 0 Å². The first-order valence-electron chi connectivity index (χ1n) is 6.67. The summed E-state index contributed by atoms with van der Waals surface area (Å²) in [5.74, 6) is 0. The molecule has 0 aromatic heterocycles. The third kappa shape index (κ3) is 3.32. The first-order valence-corrected chi connectivity index (χ1v) is 8.19. The van der Waals surface area contributed by atoms with Gasteiger partial charge in [0.1, 0.15) is 0 Å². The topological polar surface area (TPSA) is 0 Å². The zero-order chi connectivity index (χ0) is 13.8. The highest BCUT2D eigenvalue weighted by atomic mass is 127. The van der Waals surface area contributed by atoms with E-state index in [0.29, 0.717) is 0 Å². The molecule has 0 aliphatic heterocycles. The number of halogens is 2. The average molecular weight is 385 g/mol. The van der Waals surface area contributed by atoms with Gasteiger partial charge < -0.3 is 0 Å². The van der Waals surface area contributed by atoms with E-state index in [1.165, 1.54) is 25.8 Å². The molecule has 2 aromatic rings. The third-order valence-electron chi connectivity index (χ3n) is 3.46. The van der Waals surface area contributed by atoms with Crippen molar-refractivity contribution in [2.24, 2.45) is 0 Å². The van der Waals surface area contributed by atoms with Gasteiger partial charge in [-0.05, 0) is 63.8 Å². The van der Waals surface area contributed by atoms with E-state index in [-0.39, 0.29) is 5.38 Å². The zero-order valence-electron chi connectivity index (χ0n) is 11.3. The van der Waals surface area contributed by atoms with E-state index >= 15 is 0 Å². The average Bonchev–Trinajstić information content (AvgIpc) is 2.46. The Kier molecular flexibility index (Phi) is 5.28. The Morgan fingerprint density at radius 2 is 1.68 bits per heavy atom. The summed E-state index contributed by atoms with van der Waals surface area (Å²) < 4.78 is 1.22. The van der Waals surface area contributed by atoms with E-state index in [1.54, 1.807) is 0 Å². The number of alkyl halides is 1. The van der Waals surface area contributed by atoms with Gasteiger partial charge in [-0.2, -0.15) is 0 Å². The van der Waals surface area contributed by atoms with E-state index in [9.17, 15) is 0 Å². The Hall–Kier alpha value is -0.540. The van der Waals surface area contributed by atoms with Gasteiger partial charge >= 0.3 is 0 Å². The number of benzene rings is 2. The summed E-state index contributed by atoms with van der Waals surface area (Å²) in [6, 6.07) is 15.0. The lowest BCUT2D eigenvalue weighted by Gasteiger charge is -2.15. The van der Waals surface area contributed by atoms with Crippen LogP contribution in [0.5, 0.6) is 0 Å². The van der Waals surface area contributed by atoms with E-state index in [4.69, 9.17) is 11.6 Å². The van der Waals surface area contributed by atoms with E-state index < -0.39 is 0 Å². The van der Waals surface area contributed by atoms with Crippen LogP contribution in [0.25, 0.3) is 0 Å². The molecule has 2 aromatic carbocycles. The van der Waals surface area contributed by atoms with Crippen molar-refractivity contribution in [1.29, 1.82) is 0 Å². The SMILES string of the molecule is CCc1ccc(C(Cl)c2ccccc2I)cc1CC. The first kappa shape index (κ1) is 14.9. The van der Waals surface area contributed by atoms with Crippen molar-refractivity contribution in [3.63, 3.8) is 0 Å². The molecule has 0 aliphatic rings. The minimum absolute atomic E-state index is 0.0655. The Labute approximate surface area is 134 Å². The monoisotopic (exact) mass is 384 g/mol. The highest BCUT2D eigenvalue weighted by Gasteiger charge is 2.14. The molecule has 100 valence electrons. The fourth-order valence-corrected chi connectivity index (χ4v) is 3.55. The van der Waals surface area contributed by atoms with E-state index in [2.05, 4.69) is 66.8 Å². The Balaban J connectivity index is 2.39. The number of aryl methyl sites for hydroxylation is 2. The predicted molar refractivity (Wildman–Crippen MR) is 92.1 cm³/mol. The summed E-state index contributed by atoms with van der Waals surface area (Å²) in [6.45, 7) is 4.40. The van der Waals surface area contributed by atoms with Crippen molar-refractivity contribution >= 4 is 34.2 Å². The molecule has 0 heterocycles. The van der Waals surface area contributed by atoms with Crippen LogP contribution in [0.1, 0.15) is 41.5 Å². The number of hydrogen-bond acceptors (Lipinski definition) is 0. The van der Waals surface area contributed by atoms with Crippen LogP contribution in [-0.2, 0) is 12.8 Å². The van der Waals surface area contributed by atoms with E-state index in [1.807, 2.05) is 12.1 Å². The maximum Gasteiger partial charge on any atom is 0.0845 e. The van der Waals surface area contributed by atoms with Crippen LogP contribution in [0.2, 0.25) is 0 Å². The molecule has 0 N–H and O–H groups in total. The molecule has 1 atom stereocenters. The van der Waals surface area contributed by atoms with Crippen LogP contribution in [0.3, 0.4) is 0 Å². The molecular formula is C17H18ClI. The highest BCUT2D eigenvalue weighted by molar-refractivity contribution is 14.1. The van der Waals surface area contributed by atoms with Gasteiger partial charge in [0.25, 0.3) is 0 Å². The summed E-state index contributed by atoms with van der Waals surface area (Å²) >= 11 is 9.01. The molecule has 0 aliphatic carbocycles. The summed E-state index contributed by atoms with van der Waals surface area (Å²) in [5.41, 5.74) is 5.23. The Morgan fingerprint density at radius 1 is 1.00 bits per heavy atom. The van der Waals surface area contributed by atoms with Gasteiger partial charge in [0.2, 0.25) is 0 Å². The molecule has 0 nitrogen and oxygen atoms in total. The lowest BCUT2D eigenvalue weighted by molar-refractivity contribution is 1.01. The molecule has 0 saturated heterocycles. The molecule has 0 fully saturated rings. The molecule has 2 rings (SSSR count). The molecule has 2 heteroatoms. The van der Waals surface area contributed by atoms with Crippen molar-refractivity contribution < 1.29 is 0 Å². The van der Waals surface area contributed by atoms with Crippen molar-refractivity contribution in [3.05, 3.63) is 68.3 Å².